The Labute approximate surface area is 164 Å². The van der Waals surface area contributed by atoms with Gasteiger partial charge in [0.05, 0.1) is 18.3 Å². The summed E-state index contributed by atoms with van der Waals surface area (Å²) in [5, 5.41) is 17.9. The molecule has 9 nitrogen and oxygen atoms in total. The van der Waals surface area contributed by atoms with Crippen molar-refractivity contribution in [2.24, 2.45) is 11.6 Å². The van der Waals surface area contributed by atoms with Crippen LogP contribution in [0.4, 0.5) is 14.6 Å². The summed E-state index contributed by atoms with van der Waals surface area (Å²) in [6.45, 7) is -0.296. The van der Waals surface area contributed by atoms with Gasteiger partial charge in [-0.25, -0.2) is 10.8 Å². The number of nitrogens with zero attached hydrogens (tertiary/aromatic N) is 4. The van der Waals surface area contributed by atoms with Crippen LogP contribution in [0.25, 0.3) is 17.2 Å². The predicted octanol–water partition coefficient (Wildman–Crippen LogP) is 1.82. The second-order valence-electron chi connectivity index (χ2n) is 6.07. The van der Waals surface area contributed by atoms with E-state index in [0.29, 0.717) is 28.2 Å². The maximum atomic E-state index is 12.6. The lowest BCUT2D eigenvalue weighted by molar-refractivity contribution is 0.116. The lowest BCUT2D eigenvalue weighted by atomic mass is 10.0. The Morgan fingerprint density at radius 3 is 2.45 bits per heavy atom. The number of rotatable bonds is 7. The summed E-state index contributed by atoms with van der Waals surface area (Å²) >= 11 is 0. The summed E-state index contributed by atoms with van der Waals surface area (Å²) < 4.78 is 30.1. The molecular weight excluding hydrogens is 384 g/mol. The van der Waals surface area contributed by atoms with Gasteiger partial charge in [0, 0.05) is 23.5 Å². The lowest BCUT2D eigenvalue weighted by Crippen LogP contribution is -2.33. The minimum atomic E-state index is -2.84. The van der Waals surface area contributed by atoms with E-state index < -0.39 is 18.4 Å². The van der Waals surface area contributed by atoms with E-state index in [-0.39, 0.29) is 12.5 Å². The second kappa shape index (κ2) is 8.63. The number of nitrogen functional groups attached to an aromatic ring is 1. The second-order valence-corrected chi connectivity index (χ2v) is 6.07. The summed E-state index contributed by atoms with van der Waals surface area (Å²) in [6, 6.07) is 9.23. The summed E-state index contributed by atoms with van der Waals surface area (Å²) in [4.78, 5) is 3.96. The smallest absolute Gasteiger partial charge is 0.314 e. The van der Waals surface area contributed by atoms with E-state index >= 15 is 0 Å². The van der Waals surface area contributed by atoms with Crippen LogP contribution in [0.15, 0.2) is 53.2 Å². The largest absolute Gasteiger partial charge is 0.415 e. The van der Waals surface area contributed by atoms with E-state index in [1.165, 1.54) is 17.4 Å². The third-order valence-corrected chi connectivity index (χ3v) is 4.11. The van der Waals surface area contributed by atoms with Gasteiger partial charge in [0.15, 0.2) is 0 Å². The Bertz CT molecular complexity index is 975. The highest BCUT2D eigenvalue weighted by atomic mass is 19.3. The Morgan fingerprint density at radius 2 is 1.90 bits per heavy atom. The van der Waals surface area contributed by atoms with E-state index in [1.807, 2.05) is 0 Å². The Kier molecular flexibility index (Phi) is 6.00. The van der Waals surface area contributed by atoms with E-state index in [0.717, 1.165) is 0 Å². The van der Waals surface area contributed by atoms with Gasteiger partial charge in [-0.1, -0.05) is 12.1 Å². The van der Waals surface area contributed by atoms with Crippen LogP contribution in [-0.4, -0.2) is 31.9 Å². The Hall–Kier alpha value is -3.57. The molecule has 0 spiro atoms. The maximum absolute atomic E-state index is 12.6. The minimum Gasteiger partial charge on any atom is -0.415 e. The average molecular weight is 403 g/mol. The molecule has 0 fully saturated rings. The molecule has 0 aliphatic heterocycles. The summed E-state index contributed by atoms with van der Waals surface area (Å²) in [5.41, 5.74) is 13.7. The van der Waals surface area contributed by atoms with Crippen molar-refractivity contribution in [1.82, 2.24) is 20.2 Å². The van der Waals surface area contributed by atoms with Crippen LogP contribution in [0.1, 0.15) is 29.5 Å². The van der Waals surface area contributed by atoms with Crippen LogP contribution in [-0.2, 0) is 0 Å². The summed E-state index contributed by atoms with van der Waals surface area (Å²) in [5.74, 6) is 5.65. The standard InChI is InChI=1S/C18H19F2N7O2/c19-16(20)18-26-25-17(29-18)11-3-1-10(2-4-11)14(9-28)27(23)8-13(21)12-5-6-15(22)24-7-12/h1-8,14,16,28H,9,21,23H2,(H2,22,24)/b13-8-. The predicted molar refractivity (Wildman–Crippen MR) is 101 cm³/mol. The zero-order valence-electron chi connectivity index (χ0n) is 15.1. The van der Waals surface area contributed by atoms with Gasteiger partial charge in [-0.3, -0.25) is 0 Å². The van der Waals surface area contributed by atoms with Crippen molar-refractivity contribution in [3.05, 3.63) is 65.8 Å². The highest BCUT2D eigenvalue weighted by Crippen LogP contribution is 2.26. The number of pyridine rings is 1. The van der Waals surface area contributed by atoms with Gasteiger partial charge >= 0.3 is 6.43 Å². The number of aliphatic hydroxyl groups excluding tert-OH is 1. The van der Waals surface area contributed by atoms with Crippen LogP contribution >= 0.6 is 0 Å². The van der Waals surface area contributed by atoms with Gasteiger partial charge < -0.3 is 26.0 Å². The number of hydrogen-bond donors (Lipinski definition) is 4. The molecule has 0 saturated carbocycles. The van der Waals surface area contributed by atoms with E-state index in [4.69, 9.17) is 21.7 Å². The first-order valence-electron chi connectivity index (χ1n) is 8.44. The quantitative estimate of drug-likeness (QED) is 0.342. The first-order chi connectivity index (χ1) is 13.9. The van der Waals surface area contributed by atoms with Gasteiger partial charge in [0.25, 0.3) is 5.89 Å². The zero-order valence-corrected chi connectivity index (χ0v) is 15.1. The zero-order chi connectivity index (χ0) is 21.0. The van der Waals surface area contributed by atoms with E-state index in [2.05, 4.69) is 15.2 Å². The molecule has 0 radical (unpaired) electrons. The van der Waals surface area contributed by atoms with Crippen LogP contribution in [0.3, 0.4) is 0 Å². The van der Waals surface area contributed by atoms with Crippen molar-refractivity contribution in [2.75, 3.05) is 12.3 Å². The highest BCUT2D eigenvalue weighted by molar-refractivity contribution is 5.62. The van der Waals surface area contributed by atoms with Gasteiger partial charge in [0.1, 0.15) is 5.82 Å². The molecule has 0 saturated heterocycles. The van der Waals surface area contributed by atoms with Crippen LogP contribution in [0, 0.1) is 0 Å². The molecule has 1 unspecified atom stereocenters. The average Bonchev–Trinajstić information content (AvgIpc) is 3.20. The van der Waals surface area contributed by atoms with Crippen molar-refractivity contribution >= 4 is 11.5 Å². The topological polar surface area (TPSA) is 153 Å². The number of alkyl halides is 2. The molecule has 2 aromatic heterocycles. The summed E-state index contributed by atoms with van der Waals surface area (Å²) in [7, 11) is 0. The molecule has 0 aliphatic rings. The van der Waals surface area contributed by atoms with Crippen molar-refractivity contribution in [3.8, 4) is 11.5 Å². The molecule has 3 aromatic rings. The Balaban J connectivity index is 1.78. The molecule has 0 bridgehead atoms. The number of aliphatic hydroxyl groups is 1. The molecule has 1 aromatic carbocycles. The van der Waals surface area contributed by atoms with Gasteiger partial charge in [0.2, 0.25) is 5.89 Å². The molecule has 0 aliphatic carbocycles. The number of benzene rings is 1. The molecule has 1 atom stereocenters. The molecular formula is C18H19F2N7O2. The van der Waals surface area contributed by atoms with Crippen LogP contribution in [0.5, 0.6) is 0 Å². The number of halogens is 2. The maximum Gasteiger partial charge on any atom is 0.314 e. The van der Waals surface area contributed by atoms with E-state index in [9.17, 15) is 13.9 Å². The van der Waals surface area contributed by atoms with Gasteiger partial charge in [-0.15, -0.1) is 10.2 Å². The molecule has 152 valence electrons. The third kappa shape index (κ3) is 4.65. The number of aromatic nitrogens is 3. The fraction of sp³-hybridized carbons (Fsp3) is 0.167. The first kappa shape index (κ1) is 20.2. The van der Waals surface area contributed by atoms with Crippen LogP contribution < -0.4 is 17.3 Å². The molecule has 3 rings (SSSR count). The van der Waals surface area contributed by atoms with Gasteiger partial charge in [-0.2, -0.15) is 8.78 Å². The fourth-order valence-electron chi connectivity index (χ4n) is 2.56. The number of nitrogens with two attached hydrogens (primary N) is 3. The number of hydrogen-bond acceptors (Lipinski definition) is 9. The van der Waals surface area contributed by atoms with Crippen molar-refractivity contribution in [3.63, 3.8) is 0 Å². The van der Waals surface area contributed by atoms with E-state index in [1.54, 1.807) is 36.4 Å². The monoisotopic (exact) mass is 403 g/mol. The lowest BCUT2D eigenvalue weighted by Gasteiger charge is -2.25. The first-order valence-corrected chi connectivity index (χ1v) is 8.44. The Morgan fingerprint density at radius 1 is 1.17 bits per heavy atom. The van der Waals surface area contributed by atoms with Crippen LogP contribution in [0.2, 0.25) is 0 Å². The van der Waals surface area contributed by atoms with Crippen molar-refractivity contribution < 1.29 is 18.3 Å². The highest BCUT2D eigenvalue weighted by Gasteiger charge is 2.19. The molecule has 7 N–H and O–H groups in total. The molecule has 0 amide bonds. The minimum absolute atomic E-state index is 0.0306. The normalized spacial score (nSPS) is 12.9. The molecule has 2 heterocycles. The summed E-state index contributed by atoms with van der Waals surface area (Å²) in [6.07, 6.45) is 0.138. The van der Waals surface area contributed by atoms with Gasteiger partial charge in [-0.05, 0) is 29.8 Å². The van der Waals surface area contributed by atoms with Crippen molar-refractivity contribution in [1.29, 1.82) is 0 Å². The molecule has 11 heteroatoms. The number of hydrazine groups is 1. The fourth-order valence-corrected chi connectivity index (χ4v) is 2.56. The SMILES string of the molecule is N/C(=C\N(N)C(CO)c1ccc(-c2nnc(C(F)F)o2)cc1)c1ccc(N)nc1. The third-order valence-electron chi connectivity index (χ3n) is 4.11. The molecule has 29 heavy (non-hydrogen) atoms. The number of anilines is 1. The van der Waals surface area contributed by atoms with Crippen molar-refractivity contribution in [2.45, 2.75) is 12.5 Å².